The number of anilines is 1. The van der Waals surface area contributed by atoms with Gasteiger partial charge in [-0.1, -0.05) is 6.08 Å². The number of hydrogen-bond acceptors (Lipinski definition) is 2. The molecule has 2 heterocycles. The summed E-state index contributed by atoms with van der Waals surface area (Å²) >= 11 is 0. The van der Waals surface area contributed by atoms with E-state index in [4.69, 9.17) is 0 Å². The molecule has 0 aliphatic carbocycles. The van der Waals surface area contributed by atoms with Crippen LogP contribution >= 0.6 is 12.4 Å². The summed E-state index contributed by atoms with van der Waals surface area (Å²) < 4.78 is 15.2. The van der Waals surface area contributed by atoms with Gasteiger partial charge in [-0.15, -0.1) is 12.4 Å². The van der Waals surface area contributed by atoms with E-state index >= 15 is 0 Å². The lowest BCUT2D eigenvalue weighted by Gasteiger charge is -2.09. The highest BCUT2D eigenvalue weighted by atomic mass is 35.5. The molecule has 126 valence electrons. The molecule has 1 N–H and O–H groups in total. The Morgan fingerprint density at radius 3 is 2.54 bits per heavy atom. The van der Waals surface area contributed by atoms with Crippen LogP contribution in [0.1, 0.15) is 23.9 Å². The standard InChI is InChI=1S/C19H20FN3.ClH/c1-4-11-23-14(3)13(2)17-9-10-21-18(19(17)23)12-22-16-7-5-15(20)6-8-16;/h4-11,22H,12H2,1-3H3;1H. The minimum atomic E-state index is -0.232. The summed E-state index contributed by atoms with van der Waals surface area (Å²) in [4.78, 5) is 4.55. The molecule has 0 aliphatic heterocycles. The number of aromatic nitrogens is 2. The molecular formula is C19H21ClFN3. The van der Waals surface area contributed by atoms with Crippen molar-refractivity contribution in [2.45, 2.75) is 27.3 Å². The molecule has 0 saturated carbocycles. The third kappa shape index (κ3) is 3.29. The van der Waals surface area contributed by atoms with Crippen molar-refractivity contribution in [1.29, 1.82) is 0 Å². The number of hydrogen-bond donors (Lipinski definition) is 1. The van der Waals surface area contributed by atoms with Crippen LogP contribution in [0.15, 0.2) is 42.6 Å². The van der Waals surface area contributed by atoms with E-state index in [9.17, 15) is 4.39 Å². The summed E-state index contributed by atoms with van der Waals surface area (Å²) in [5.74, 6) is -0.232. The second kappa shape index (κ2) is 7.49. The average Bonchev–Trinajstić information content (AvgIpc) is 2.80. The van der Waals surface area contributed by atoms with Gasteiger partial charge in [0.1, 0.15) is 5.82 Å². The zero-order valence-electron chi connectivity index (χ0n) is 14.0. The lowest BCUT2D eigenvalue weighted by atomic mass is 10.1. The molecule has 5 heteroatoms. The van der Waals surface area contributed by atoms with Gasteiger partial charge in [-0.2, -0.15) is 0 Å². The van der Waals surface area contributed by atoms with Crippen molar-refractivity contribution < 1.29 is 4.39 Å². The van der Waals surface area contributed by atoms with Crippen LogP contribution in [0, 0.1) is 19.7 Å². The Morgan fingerprint density at radius 1 is 1.17 bits per heavy atom. The first-order chi connectivity index (χ1) is 11.1. The van der Waals surface area contributed by atoms with Crippen molar-refractivity contribution in [2.75, 3.05) is 5.32 Å². The molecule has 24 heavy (non-hydrogen) atoms. The monoisotopic (exact) mass is 345 g/mol. The van der Waals surface area contributed by atoms with Gasteiger partial charge in [-0.25, -0.2) is 4.39 Å². The van der Waals surface area contributed by atoms with Crippen molar-refractivity contribution in [3.8, 4) is 0 Å². The lowest BCUT2D eigenvalue weighted by Crippen LogP contribution is -2.04. The van der Waals surface area contributed by atoms with Crippen LogP contribution < -0.4 is 5.32 Å². The van der Waals surface area contributed by atoms with Crippen LogP contribution in [0.4, 0.5) is 10.1 Å². The fourth-order valence-corrected chi connectivity index (χ4v) is 2.83. The first kappa shape index (κ1) is 18.0. The Kier molecular flexibility index (Phi) is 5.62. The summed E-state index contributed by atoms with van der Waals surface area (Å²) in [5.41, 5.74) is 5.46. The number of rotatable bonds is 4. The summed E-state index contributed by atoms with van der Waals surface area (Å²) in [5, 5.41) is 4.53. The van der Waals surface area contributed by atoms with E-state index in [2.05, 4.69) is 41.0 Å². The highest BCUT2D eigenvalue weighted by Crippen LogP contribution is 2.27. The minimum Gasteiger partial charge on any atom is -0.379 e. The number of pyridine rings is 1. The largest absolute Gasteiger partial charge is 0.379 e. The second-order valence-electron chi connectivity index (χ2n) is 5.58. The zero-order chi connectivity index (χ0) is 16.4. The number of nitrogens with zero attached hydrogens (tertiary/aromatic N) is 2. The quantitative estimate of drug-likeness (QED) is 0.693. The molecule has 0 radical (unpaired) electrons. The van der Waals surface area contributed by atoms with Crippen molar-refractivity contribution >= 4 is 35.2 Å². The zero-order valence-corrected chi connectivity index (χ0v) is 14.8. The highest BCUT2D eigenvalue weighted by Gasteiger charge is 2.13. The Balaban J connectivity index is 0.00000208. The number of nitrogens with one attached hydrogen (secondary N) is 1. The molecule has 0 bridgehead atoms. The van der Waals surface area contributed by atoms with Crippen LogP contribution in [-0.4, -0.2) is 9.55 Å². The predicted octanol–water partition coefficient (Wildman–Crippen LogP) is 5.32. The topological polar surface area (TPSA) is 29.9 Å². The van der Waals surface area contributed by atoms with Crippen LogP contribution in [0.3, 0.4) is 0 Å². The SMILES string of the molecule is CC=Cn1c(C)c(C)c2ccnc(CNc3ccc(F)cc3)c21.Cl. The molecule has 0 fully saturated rings. The average molecular weight is 346 g/mol. The van der Waals surface area contributed by atoms with E-state index in [0.717, 1.165) is 16.9 Å². The minimum absolute atomic E-state index is 0. The molecule has 0 amide bonds. The number of halogens is 2. The van der Waals surface area contributed by atoms with Crippen LogP contribution in [0.25, 0.3) is 17.1 Å². The lowest BCUT2D eigenvalue weighted by molar-refractivity contribution is 0.628. The van der Waals surface area contributed by atoms with Crippen LogP contribution in [0.5, 0.6) is 0 Å². The maximum atomic E-state index is 13.0. The summed E-state index contributed by atoms with van der Waals surface area (Å²) in [6.07, 6.45) is 5.93. The summed E-state index contributed by atoms with van der Waals surface area (Å²) in [7, 11) is 0. The normalized spacial score (nSPS) is 11.0. The molecule has 0 spiro atoms. The Bertz CT molecular complexity index is 866. The van der Waals surface area contributed by atoms with Crippen LogP contribution in [-0.2, 0) is 6.54 Å². The number of allylic oxidation sites excluding steroid dienone is 1. The Morgan fingerprint density at radius 2 is 1.88 bits per heavy atom. The third-order valence-electron chi connectivity index (χ3n) is 4.15. The highest BCUT2D eigenvalue weighted by molar-refractivity contribution is 5.88. The maximum Gasteiger partial charge on any atom is 0.123 e. The molecule has 2 aromatic heterocycles. The molecule has 0 aliphatic rings. The second-order valence-corrected chi connectivity index (χ2v) is 5.58. The van der Waals surface area contributed by atoms with Gasteiger partial charge >= 0.3 is 0 Å². The van der Waals surface area contributed by atoms with Gasteiger partial charge in [-0.05, 0) is 56.7 Å². The molecule has 0 saturated heterocycles. The molecular weight excluding hydrogens is 325 g/mol. The van der Waals surface area contributed by atoms with Gasteiger partial charge < -0.3 is 9.88 Å². The van der Waals surface area contributed by atoms with E-state index in [-0.39, 0.29) is 18.2 Å². The van der Waals surface area contributed by atoms with Crippen LogP contribution in [0.2, 0.25) is 0 Å². The van der Waals surface area contributed by atoms with Crippen molar-refractivity contribution in [1.82, 2.24) is 9.55 Å². The predicted molar refractivity (Wildman–Crippen MR) is 101 cm³/mol. The van der Waals surface area contributed by atoms with Gasteiger partial charge in [0.2, 0.25) is 0 Å². The van der Waals surface area contributed by atoms with E-state index in [1.807, 2.05) is 19.2 Å². The van der Waals surface area contributed by atoms with Crippen molar-refractivity contribution in [3.05, 3.63) is 65.4 Å². The molecule has 0 unspecified atom stereocenters. The summed E-state index contributed by atoms with van der Waals surface area (Å²) in [6, 6.07) is 8.42. The van der Waals surface area contributed by atoms with E-state index < -0.39 is 0 Å². The molecule has 3 aromatic rings. The third-order valence-corrected chi connectivity index (χ3v) is 4.15. The summed E-state index contributed by atoms with van der Waals surface area (Å²) in [6.45, 7) is 6.85. The number of benzene rings is 1. The fourth-order valence-electron chi connectivity index (χ4n) is 2.83. The smallest absolute Gasteiger partial charge is 0.123 e. The molecule has 0 atom stereocenters. The molecule has 3 nitrogen and oxygen atoms in total. The van der Waals surface area contributed by atoms with E-state index in [1.165, 1.54) is 28.8 Å². The van der Waals surface area contributed by atoms with Gasteiger partial charge in [-0.3, -0.25) is 4.98 Å². The molecule has 1 aromatic carbocycles. The van der Waals surface area contributed by atoms with Gasteiger partial charge in [0.25, 0.3) is 0 Å². The maximum absolute atomic E-state index is 13.0. The number of fused-ring (bicyclic) bond motifs is 1. The Labute approximate surface area is 147 Å². The first-order valence-electron chi connectivity index (χ1n) is 7.69. The fraction of sp³-hybridized carbons (Fsp3) is 0.211. The Hall–Kier alpha value is -2.33. The van der Waals surface area contributed by atoms with Gasteiger partial charge in [0.05, 0.1) is 17.8 Å². The van der Waals surface area contributed by atoms with E-state index in [1.54, 1.807) is 12.1 Å². The van der Waals surface area contributed by atoms with Crippen molar-refractivity contribution in [2.24, 2.45) is 0 Å². The van der Waals surface area contributed by atoms with Gasteiger partial charge in [0, 0.05) is 29.2 Å². The molecule has 3 rings (SSSR count). The van der Waals surface area contributed by atoms with E-state index in [0.29, 0.717) is 6.54 Å². The van der Waals surface area contributed by atoms with Crippen molar-refractivity contribution in [3.63, 3.8) is 0 Å². The number of aryl methyl sites for hydroxylation is 1. The van der Waals surface area contributed by atoms with Gasteiger partial charge in [0.15, 0.2) is 0 Å². The first-order valence-corrected chi connectivity index (χ1v) is 7.69.